The van der Waals surface area contributed by atoms with Gasteiger partial charge in [-0.1, -0.05) is 67.6 Å². The van der Waals surface area contributed by atoms with Gasteiger partial charge in [0.05, 0.1) is 5.25 Å². The molecule has 0 radical (unpaired) electrons. The highest BCUT2D eigenvalue weighted by molar-refractivity contribution is 8.00. The monoisotopic (exact) mass is 338 g/mol. The van der Waals surface area contributed by atoms with Crippen molar-refractivity contribution in [1.29, 1.82) is 0 Å². The lowest BCUT2D eigenvalue weighted by Gasteiger charge is -2.44. The molecule has 0 nitrogen and oxygen atoms in total. The molecular formula is C24H18S. The van der Waals surface area contributed by atoms with Gasteiger partial charge in [-0.15, -0.1) is 11.8 Å². The number of benzene rings is 4. The van der Waals surface area contributed by atoms with Gasteiger partial charge in [0.25, 0.3) is 0 Å². The lowest BCUT2D eigenvalue weighted by atomic mass is 9.74. The second kappa shape index (κ2) is 4.89. The van der Waals surface area contributed by atoms with Gasteiger partial charge in [-0.3, -0.25) is 0 Å². The molecule has 1 atom stereocenters. The Hall–Kier alpha value is -2.25. The lowest BCUT2D eigenvalue weighted by Crippen LogP contribution is -2.30. The summed E-state index contributed by atoms with van der Waals surface area (Å²) in [6.07, 6.45) is 0. The number of rotatable bonds is 0. The van der Waals surface area contributed by atoms with E-state index in [1.807, 2.05) is 0 Å². The molecule has 0 spiro atoms. The summed E-state index contributed by atoms with van der Waals surface area (Å²) in [6, 6.07) is 27.4. The van der Waals surface area contributed by atoms with Gasteiger partial charge in [0.15, 0.2) is 0 Å². The van der Waals surface area contributed by atoms with Crippen molar-refractivity contribution in [2.75, 3.05) is 0 Å². The summed E-state index contributed by atoms with van der Waals surface area (Å²) in [7, 11) is 0. The smallest absolute Gasteiger partial charge is 0.0555 e. The Morgan fingerprint density at radius 1 is 0.600 bits per heavy atom. The molecule has 0 N–H and O–H groups in total. The highest BCUT2D eigenvalue weighted by Gasteiger charge is 2.42. The van der Waals surface area contributed by atoms with Gasteiger partial charge in [-0.25, -0.2) is 0 Å². The van der Waals surface area contributed by atoms with Crippen LogP contribution in [-0.4, -0.2) is 5.25 Å². The first-order valence-corrected chi connectivity index (χ1v) is 9.94. The topological polar surface area (TPSA) is 0 Å². The van der Waals surface area contributed by atoms with Crippen molar-refractivity contribution in [2.24, 2.45) is 0 Å². The average Bonchev–Trinajstić information content (AvgIpc) is 2.65. The van der Waals surface area contributed by atoms with E-state index in [0.717, 1.165) is 0 Å². The van der Waals surface area contributed by atoms with Gasteiger partial charge in [0.1, 0.15) is 0 Å². The summed E-state index contributed by atoms with van der Waals surface area (Å²) in [5.41, 5.74) is 6.18. The van der Waals surface area contributed by atoms with Gasteiger partial charge in [0.2, 0.25) is 0 Å². The third-order valence-corrected chi connectivity index (χ3v) is 7.44. The van der Waals surface area contributed by atoms with Crippen LogP contribution in [0.15, 0.2) is 72.8 Å². The molecular weight excluding hydrogens is 320 g/mol. The molecule has 2 bridgehead atoms. The Morgan fingerprint density at radius 2 is 1.00 bits per heavy atom. The summed E-state index contributed by atoms with van der Waals surface area (Å²) in [5.74, 6) is 0.509. The normalized spacial score (nSPS) is 23.6. The van der Waals surface area contributed by atoms with E-state index in [0.29, 0.717) is 16.4 Å². The van der Waals surface area contributed by atoms with Crippen LogP contribution in [-0.2, 0) is 0 Å². The van der Waals surface area contributed by atoms with Gasteiger partial charge in [-0.05, 0) is 55.9 Å². The molecule has 4 aromatic rings. The van der Waals surface area contributed by atoms with E-state index in [2.05, 4.69) is 91.5 Å². The van der Waals surface area contributed by atoms with Crippen LogP contribution < -0.4 is 0 Å². The second-order valence-corrected chi connectivity index (χ2v) is 8.84. The zero-order valence-electron chi connectivity index (χ0n) is 14.1. The lowest BCUT2D eigenvalue weighted by molar-refractivity contribution is 0.722. The van der Waals surface area contributed by atoms with Gasteiger partial charge in [0, 0.05) is 11.2 Å². The van der Waals surface area contributed by atoms with Gasteiger partial charge < -0.3 is 0 Å². The highest BCUT2D eigenvalue weighted by atomic mass is 32.2. The fourth-order valence-electron chi connectivity index (χ4n) is 4.82. The van der Waals surface area contributed by atoms with E-state index in [1.54, 1.807) is 11.1 Å². The maximum Gasteiger partial charge on any atom is 0.0555 e. The molecule has 2 aliphatic heterocycles. The van der Waals surface area contributed by atoms with Crippen LogP contribution in [0.5, 0.6) is 0 Å². The molecule has 7 rings (SSSR count). The predicted molar refractivity (Wildman–Crippen MR) is 109 cm³/mol. The van der Waals surface area contributed by atoms with E-state index in [4.69, 9.17) is 0 Å². The van der Waals surface area contributed by atoms with Crippen LogP contribution in [0.1, 0.15) is 40.3 Å². The summed E-state index contributed by atoms with van der Waals surface area (Å²) in [4.78, 5) is 0. The van der Waals surface area contributed by atoms with Gasteiger partial charge in [-0.2, -0.15) is 0 Å². The van der Waals surface area contributed by atoms with Crippen molar-refractivity contribution in [1.82, 2.24) is 0 Å². The average molecular weight is 338 g/mol. The first-order valence-electron chi connectivity index (χ1n) is 9.00. The van der Waals surface area contributed by atoms with Crippen molar-refractivity contribution in [3.8, 4) is 0 Å². The first-order chi connectivity index (χ1) is 12.3. The molecule has 1 heteroatoms. The van der Waals surface area contributed by atoms with Crippen LogP contribution in [0, 0.1) is 0 Å². The van der Waals surface area contributed by atoms with Crippen LogP contribution >= 0.6 is 11.8 Å². The molecule has 3 aliphatic rings. The number of thioether (sulfide) groups is 1. The van der Waals surface area contributed by atoms with Crippen LogP contribution in [0.2, 0.25) is 0 Å². The van der Waals surface area contributed by atoms with E-state index < -0.39 is 0 Å². The highest BCUT2D eigenvalue weighted by Crippen LogP contribution is 2.59. The largest absolute Gasteiger partial charge is 0.145 e. The second-order valence-electron chi connectivity index (χ2n) is 7.36. The molecule has 1 unspecified atom stereocenters. The van der Waals surface area contributed by atoms with Crippen molar-refractivity contribution in [2.45, 2.75) is 23.3 Å². The molecule has 0 fully saturated rings. The van der Waals surface area contributed by atoms with Crippen LogP contribution in [0.4, 0.5) is 0 Å². The maximum atomic E-state index is 2.46. The van der Waals surface area contributed by atoms with Gasteiger partial charge >= 0.3 is 0 Å². The van der Waals surface area contributed by atoms with E-state index >= 15 is 0 Å². The van der Waals surface area contributed by atoms with E-state index in [1.165, 1.54) is 32.7 Å². The predicted octanol–water partition coefficient (Wildman–Crippen LogP) is 6.66. The van der Waals surface area contributed by atoms with Crippen molar-refractivity contribution in [3.05, 3.63) is 95.1 Å². The molecule has 0 amide bonds. The summed E-state index contributed by atoms with van der Waals surface area (Å²) < 4.78 is 0. The fourth-order valence-corrected chi connectivity index (χ4v) is 6.41. The standard InChI is InChI=1S/C24H18S/c1-14-23-19-10-15-6-2-4-8-17(15)12-21(19)24(25-14)22-13-18-9-5-3-7-16(18)11-20(22)23/h2-14,23-24H,1H3. The molecule has 0 saturated carbocycles. The quantitative estimate of drug-likeness (QED) is 0.345. The zero-order valence-corrected chi connectivity index (χ0v) is 14.9. The summed E-state index contributed by atoms with van der Waals surface area (Å²) in [5, 5.41) is 6.57. The van der Waals surface area contributed by atoms with E-state index in [-0.39, 0.29) is 0 Å². The minimum Gasteiger partial charge on any atom is -0.145 e. The third kappa shape index (κ3) is 1.85. The first kappa shape index (κ1) is 14.0. The minimum atomic E-state index is 0.471. The third-order valence-electron chi connectivity index (χ3n) is 5.96. The molecule has 0 aromatic heterocycles. The van der Waals surface area contributed by atoms with Crippen molar-refractivity contribution < 1.29 is 0 Å². The maximum absolute atomic E-state index is 2.46. The molecule has 0 saturated heterocycles. The summed E-state index contributed by atoms with van der Waals surface area (Å²) in [6.45, 7) is 2.40. The van der Waals surface area contributed by atoms with Crippen LogP contribution in [0.3, 0.4) is 0 Å². The zero-order chi connectivity index (χ0) is 16.5. The van der Waals surface area contributed by atoms with E-state index in [9.17, 15) is 0 Å². The van der Waals surface area contributed by atoms with Crippen molar-refractivity contribution >= 4 is 33.3 Å². The van der Waals surface area contributed by atoms with Crippen molar-refractivity contribution in [3.63, 3.8) is 0 Å². The molecule has 1 aliphatic carbocycles. The number of fused-ring (bicyclic) bond motifs is 3. The number of hydrogen-bond acceptors (Lipinski definition) is 1. The minimum absolute atomic E-state index is 0.471. The Bertz CT molecular complexity index is 1070. The molecule has 4 aromatic carbocycles. The summed E-state index contributed by atoms with van der Waals surface area (Å²) >= 11 is 2.14. The Kier molecular flexibility index (Phi) is 2.74. The Balaban J connectivity index is 1.68. The Labute approximate surface area is 151 Å². The molecule has 120 valence electrons. The molecule has 25 heavy (non-hydrogen) atoms. The SMILES string of the molecule is CC1SC2c3cc4ccccc4cc3C1c1cc3ccccc3cc12. The Morgan fingerprint density at radius 3 is 1.44 bits per heavy atom. The van der Waals surface area contributed by atoms with Crippen LogP contribution in [0.25, 0.3) is 21.5 Å². The number of hydrogen-bond donors (Lipinski definition) is 0. The molecule has 2 heterocycles. The fraction of sp³-hybridized carbons (Fsp3) is 0.167.